The lowest BCUT2D eigenvalue weighted by atomic mass is 10.3. The summed E-state index contributed by atoms with van der Waals surface area (Å²) in [7, 11) is 3.26. The van der Waals surface area contributed by atoms with Crippen molar-refractivity contribution in [2.45, 2.75) is 6.92 Å². The van der Waals surface area contributed by atoms with Gasteiger partial charge in [-0.1, -0.05) is 11.6 Å². The molecule has 6 heteroatoms. The number of fused-ring (bicyclic) bond motifs is 1. The Bertz CT molecular complexity index is 607. The van der Waals surface area contributed by atoms with E-state index in [0.717, 1.165) is 5.52 Å². The Kier molecular flexibility index (Phi) is 3.43. The lowest BCUT2D eigenvalue weighted by Crippen LogP contribution is -2.09. The first-order chi connectivity index (χ1) is 8.58. The summed E-state index contributed by atoms with van der Waals surface area (Å²) < 4.78 is 11.7. The van der Waals surface area contributed by atoms with Crippen LogP contribution >= 0.6 is 11.6 Å². The standard InChI is InChI=1S/C12H13ClN2O3/c1-4-18-12(16)10-6-8-9(15(10)2)5-7(13)11(14-8)17-3/h5-6H,4H2,1-3H3. The Morgan fingerprint density at radius 1 is 1.50 bits per heavy atom. The highest BCUT2D eigenvalue weighted by Crippen LogP contribution is 2.28. The van der Waals surface area contributed by atoms with Crippen LogP contribution in [0.25, 0.3) is 11.0 Å². The number of esters is 1. The zero-order chi connectivity index (χ0) is 13.3. The molecule has 0 saturated carbocycles. The largest absolute Gasteiger partial charge is 0.480 e. The Hall–Kier alpha value is -1.75. The van der Waals surface area contributed by atoms with E-state index in [1.165, 1.54) is 7.11 Å². The van der Waals surface area contributed by atoms with Crippen LogP contribution < -0.4 is 4.74 Å². The van der Waals surface area contributed by atoms with E-state index in [2.05, 4.69) is 4.98 Å². The zero-order valence-corrected chi connectivity index (χ0v) is 11.1. The molecule has 0 bridgehead atoms. The summed E-state index contributed by atoms with van der Waals surface area (Å²) in [6.45, 7) is 2.09. The van der Waals surface area contributed by atoms with Gasteiger partial charge in [-0.3, -0.25) is 0 Å². The van der Waals surface area contributed by atoms with Gasteiger partial charge in [0, 0.05) is 7.05 Å². The second kappa shape index (κ2) is 4.86. The normalized spacial score (nSPS) is 10.7. The zero-order valence-electron chi connectivity index (χ0n) is 10.4. The number of hydrogen-bond acceptors (Lipinski definition) is 4. The van der Waals surface area contributed by atoms with Gasteiger partial charge in [-0.15, -0.1) is 0 Å². The fraction of sp³-hybridized carbons (Fsp3) is 0.333. The maximum atomic E-state index is 11.7. The van der Waals surface area contributed by atoms with Crippen LogP contribution in [0.15, 0.2) is 12.1 Å². The van der Waals surface area contributed by atoms with Crippen molar-refractivity contribution < 1.29 is 14.3 Å². The molecule has 0 aliphatic heterocycles. The van der Waals surface area contributed by atoms with Gasteiger partial charge in [0.2, 0.25) is 5.88 Å². The van der Waals surface area contributed by atoms with Crippen LogP contribution in [0.1, 0.15) is 17.4 Å². The van der Waals surface area contributed by atoms with Crippen molar-refractivity contribution in [3.05, 3.63) is 22.8 Å². The van der Waals surface area contributed by atoms with E-state index >= 15 is 0 Å². The van der Waals surface area contributed by atoms with Gasteiger partial charge in [0.25, 0.3) is 0 Å². The van der Waals surface area contributed by atoms with Crippen LogP contribution in [0.5, 0.6) is 5.88 Å². The average Bonchev–Trinajstić information content (AvgIpc) is 2.66. The van der Waals surface area contributed by atoms with Gasteiger partial charge in [-0.25, -0.2) is 9.78 Å². The van der Waals surface area contributed by atoms with Gasteiger partial charge < -0.3 is 14.0 Å². The Balaban J connectivity index is 2.59. The number of carbonyl (C=O) groups is 1. The van der Waals surface area contributed by atoms with Gasteiger partial charge in [0.15, 0.2) is 0 Å². The fourth-order valence-electron chi connectivity index (χ4n) is 1.75. The summed E-state index contributed by atoms with van der Waals surface area (Å²) in [6, 6.07) is 3.37. The molecule has 0 fully saturated rings. The molecule has 0 unspecified atom stereocenters. The number of rotatable bonds is 3. The molecule has 2 heterocycles. The van der Waals surface area contributed by atoms with Gasteiger partial charge in [0.1, 0.15) is 10.7 Å². The molecule has 0 saturated heterocycles. The molecule has 0 spiro atoms. The minimum absolute atomic E-state index is 0.331. The monoisotopic (exact) mass is 268 g/mol. The Labute approximate surface area is 109 Å². The number of aryl methyl sites for hydroxylation is 1. The van der Waals surface area contributed by atoms with E-state index in [4.69, 9.17) is 21.1 Å². The molecular weight excluding hydrogens is 256 g/mol. The molecule has 0 aliphatic rings. The molecule has 2 aromatic rings. The summed E-state index contributed by atoms with van der Waals surface area (Å²) in [4.78, 5) is 16.0. The highest BCUT2D eigenvalue weighted by Gasteiger charge is 2.17. The SMILES string of the molecule is CCOC(=O)c1cc2nc(OC)c(Cl)cc2n1C. The average molecular weight is 269 g/mol. The lowest BCUT2D eigenvalue weighted by molar-refractivity contribution is 0.0516. The summed E-state index contributed by atoms with van der Waals surface area (Å²) in [5.74, 6) is -0.0433. The third kappa shape index (κ3) is 2.01. The van der Waals surface area contributed by atoms with Crippen molar-refractivity contribution in [3.8, 4) is 5.88 Å². The topological polar surface area (TPSA) is 53.4 Å². The second-order valence-corrected chi connectivity index (χ2v) is 4.10. The summed E-state index contributed by atoms with van der Waals surface area (Å²) in [5, 5.41) is 0.404. The van der Waals surface area contributed by atoms with Crippen molar-refractivity contribution >= 4 is 28.6 Å². The van der Waals surface area contributed by atoms with E-state index in [1.807, 2.05) is 0 Å². The number of ether oxygens (including phenoxy) is 2. The predicted molar refractivity (Wildman–Crippen MR) is 68.2 cm³/mol. The second-order valence-electron chi connectivity index (χ2n) is 3.69. The van der Waals surface area contributed by atoms with E-state index in [-0.39, 0.29) is 5.97 Å². The first-order valence-electron chi connectivity index (χ1n) is 5.45. The van der Waals surface area contributed by atoms with Gasteiger partial charge in [-0.2, -0.15) is 0 Å². The van der Waals surface area contributed by atoms with Gasteiger partial charge in [-0.05, 0) is 19.1 Å². The molecule has 5 nitrogen and oxygen atoms in total. The van der Waals surface area contributed by atoms with Crippen LogP contribution in [-0.2, 0) is 11.8 Å². The Morgan fingerprint density at radius 2 is 2.22 bits per heavy atom. The molecular formula is C12H13ClN2O3. The smallest absolute Gasteiger partial charge is 0.355 e. The summed E-state index contributed by atoms with van der Waals surface area (Å²) >= 11 is 6.01. The summed E-state index contributed by atoms with van der Waals surface area (Å²) in [5.41, 5.74) is 1.83. The molecule has 0 aliphatic carbocycles. The van der Waals surface area contributed by atoms with Crippen molar-refractivity contribution in [2.24, 2.45) is 7.05 Å². The highest BCUT2D eigenvalue weighted by molar-refractivity contribution is 6.32. The maximum Gasteiger partial charge on any atom is 0.355 e. The molecule has 2 aromatic heterocycles. The number of pyridine rings is 1. The van der Waals surface area contributed by atoms with Crippen LogP contribution in [0.2, 0.25) is 5.02 Å². The van der Waals surface area contributed by atoms with Crippen LogP contribution in [0, 0.1) is 0 Å². The Morgan fingerprint density at radius 3 is 2.83 bits per heavy atom. The number of nitrogens with zero attached hydrogens (tertiary/aromatic N) is 2. The predicted octanol–water partition coefficient (Wildman–Crippen LogP) is 2.41. The minimum Gasteiger partial charge on any atom is -0.480 e. The van der Waals surface area contributed by atoms with Crippen molar-refractivity contribution in [3.63, 3.8) is 0 Å². The highest BCUT2D eigenvalue weighted by atomic mass is 35.5. The van der Waals surface area contributed by atoms with Crippen LogP contribution in [-0.4, -0.2) is 29.2 Å². The quantitative estimate of drug-likeness (QED) is 0.802. The molecule has 18 heavy (non-hydrogen) atoms. The van der Waals surface area contributed by atoms with E-state index < -0.39 is 0 Å². The van der Waals surface area contributed by atoms with Crippen LogP contribution in [0.3, 0.4) is 0 Å². The van der Waals surface area contributed by atoms with Crippen molar-refractivity contribution in [1.29, 1.82) is 0 Å². The maximum absolute atomic E-state index is 11.7. The van der Waals surface area contributed by atoms with E-state index in [0.29, 0.717) is 28.7 Å². The molecule has 0 radical (unpaired) electrons. The third-order valence-electron chi connectivity index (χ3n) is 2.63. The third-order valence-corrected chi connectivity index (χ3v) is 2.90. The fourth-order valence-corrected chi connectivity index (χ4v) is 1.97. The molecule has 2 rings (SSSR count). The number of aromatic nitrogens is 2. The van der Waals surface area contributed by atoms with E-state index in [9.17, 15) is 4.79 Å². The number of carbonyl (C=O) groups excluding carboxylic acids is 1. The van der Waals surface area contributed by atoms with Gasteiger partial charge in [0.05, 0.1) is 24.8 Å². The molecule has 0 atom stereocenters. The first-order valence-corrected chi connectivity index (χ1v) is 5.83. The summed E-state index contributed by atoms with van der Waals surface area (Å²) in [6.07, 6.45) is 0. The molecule has 96 valence electrons. The molecule has 0 amide bonds. The minimum atomic E-state index is -0.381. The number of hydrogen-bond donors (Lipinski definition) is 0. The molecule has 0 aromatic carbocycles. The lowest BCUT2D eigenvalue weighted by Gasteiger charge is -2.04. The first kappa shape index (κ1) is 12.7. The van der Waals surface area contributed by atoms with Crippen LogP contribution in [0.4, 0.5) is 0 Å². The number of halogens is 1. The van der Waals surface area contributed by atoms with E-state index in [1.54, 1.807) is 30.7 Å². The number of methoxy groups -OCH3 is 1. The van der Waals surface area contributed by atoms with Gasteiger partial charge >= 0.3 is 5.97 Å². The molecule has 0 N–H and O–H groups in total. The van der Waals surface area contributed by atoms with Crippen molar-refractivity contribution in [2.75, 3.05) is 13.7 Å². The van der Waals surface area contributed by atoms with Crippen molar-refractivity contribution in [1.82, 2.24) is 9.55 Å².